The molecule has 1 amide bonds. The van der Waals surface area contributed by atoms with E-state index in [1.807, 2.05) is 36.1 Å². The van der Waals surface area contributed by atoms with Crippen LogP contribution in [-0.4, -0.2) is 28.5 Å². The number of thiazole rings is 1. The summed E-state index contributed by atoms with van der Waals surface area (Å²) in [5, 5.41) is 0. The van der Waals surface area contributed by atoms with E-state index in [4.69, 9.17) is 18.0 Å². The highest BCUT2D eigenvalue weighted by atomic mass is 32.1. The van der Waals surface area contributed by atoms with Crippen LogP contribution in [0, 0.1) is 10.9 Å². The topological polar surface area (TPSA) is 51.3 Å². The van der Waals surface area contributed by atoms with Crippen LogP contribution in [0.4, 0.5) is 5.82 Å². The first-order valence-electron chi connectivity index (χ1n) is 6.95. The van der Waals surface area contributed by atoms with E-state index in [1.165, 1.54) is 16.9 Å². The molecule has 2 N–H and O–H groups in total. The molecule has 0 spiro atoms. The number of nitrogens with zero attached hydrogens (tertiary/aromatic N) is 2. The summed E-state index contributed by atoms with van der Waals surface area (Å²) >= 11 is 6.70. The van der Waals surface area contributed by atoms with Crippen LogP contribution in [0.2, 0.25) is 0 Å². The van der Waals surface area contributed by atoms with Gasteiger partial charge in [0.15, 0.2) is 3.95 Å². The molecule has 1 fully saturated rings. The Morgan fingerprint density at radius 2 is 1.86 bits per heavy atom. The second-order valence-corrected chi connectivity index (χ2v) is 6.90. The molecule has 2 aromatic rings. The highest BCUT2D eigenvalue weighted by Crippen LogP contribution is 2.28. The number of carbonyl (C=O) groups is 1. The lowest BCUT2D eigenvalue weighted by atomic mass is 10.2. The minimum Gasteiger partial charge on any atom is -0.383 e. The maximum Gasteiger partial charge on any atom is 0.267 e. The summed E-state index contributed by atoms with van der Waals surface area (Å²) in [7, 11) is 0. The van der Waals surface area contributed by atoms with Crippen molar-refractivity contribution in [2.75, 3.05) is 18.8 Å². The van der Waals surface area contributed by atoms with Crippen LogP contribution in [0.15, 0.2) is 24.3 Å². The van der Waals surface area contributed by atoms with Gasteiger partial charge in [-0.3, -0.25) is 9.36 Å². The number of carbonyl (C=O) groups excluding carboxylic acids is 1. The molecule has 2 heterocycles. The largest absolute Gasteiger partial charge is 0.383 e. The average Bonchev–Trinajstić information content (AvgIpc) is 3.08. The molecule has 1 aliphatic rings. The van der Waals surface area contributed by atoms with Crippen LogP contribution in [0.3, 0.4) is 0 Å². The molecule has 0 atom stereocenters. The Kier molecular flexibility index (Phi) is 3.82. The van der Waals surface area contributed by atoms with Gasteiger partial charge in [-0.05, 0) is 44.1 Å². The van der Waals surface area contributed by atoms with Crippen LogP contribution >= 0.6 is 23.6 Å². The van der Waals surface area contributed by atoms with E-state index in [1.54, 1.807) is 4.57 Å². The van der Waals surface area contributed by atoms with E-state index in [0.29, 0.717) is 14.6 Å². The number of aromatic nitrogens is 1. The molecule has 1 saturated heterocycles. The molecule has 1 aromatic heterocycles. The molecule has 110 valence electrons. The van der Waals surface area contributed by atoms with E-state index in [9.17, 15) is 4.79 Å². The molecular formula is C15H17N3OS2. The first-order chi connectivity index (χ1) is 10.1. The average molecular weight is 319 g/mol. The van der Waals surface area contributed by atoms with Gasteiger partial charge in [-0.15, -0.1) is 0 Å². The molecule has 6 heteroatoms. The molecule has 1 aliphatic heterocycles. The highest BCUT2D eigenvalue weighted by Gasteiger charge is 2.25. The molecule has 0 saturated carbocycles. The third-order valence-electron chi connectivity index (χ3n) is 3.73. The first-order valence-corrected chi connectivity index (χ1v) is 8.18. The number of anilines is 1. The second kappa shape index (κ2) is 5.61. The quantitative estimate of drug-likeness (QED) is 0.863. The third-order valence-corrected chi connectivity index (χ3v) is 5.10. The highest BCUT2D eigenvalue weighted by molar-refractivity contribution is 7.73. The van der Waals surface area contributed by atoms with Gasteiger partial charge >= 0.3 is 0 Å². The zero-order valence-electron chi connectivity index (χ0n) is 11.8. The van der Waals surface area contributed by atoms with Gasteiger partial charge in [-0.2, -0.15) is 0 Å². The van der Waals surface area contributed by atoms with E-state index >= 15 is 0 Å². The number of benzene rings is 1. The molecule has 0 aliphatic carbocycles. The Morgan fingerprint density at radius 3 is 2.48 bits per heavy atom. The van der Waals surface area contributed by atoms with Crippen LogP contribution in [-0.2, 0) is 0 Å². The fourth-order valence-electron chi connectivity index (χ4n) is 2.54. The lowest BCUT2D eigenvalue weighted by Crippen LogP contribution is -2.27. The van der Waals surface area contributed by atoms with E-state index in [-0.39, 0.29) is 5.91 Å². The standard InChI is InChI=1S/C15H17N3OS2/c1-10-4-6-11(7-5-10)18-13(16)12(21-15(18)20)14(19)17-8-2-3-9-17/h4-7H,2-3,8-9,16H2,1H3. The number of hydrogen-bond donors (Lipinski definition) is 1. The number of aryl methyl sites for hydroxylation is 1. The number of amides is 1. The van der Waals surface area contributed by atoms with Crippen LogP contribution in [0.25, 0.3) is 5.69 Å². The van der Waals surface area contributed by atoms with Crippen molar-refractivity contribution in [3.05, 3.63) is 38.7 Å². The smallest absolute Gasteiger partial charge is 0.267 e. The zero-order valence-corrected chi connectivity index (χ0v) is 13.5. The number of likely N-dealkylation sites (tertiary alicyclic amines) is 1. The molecule has 0 radical (unpaired) electrons. The predicted octanol–water partition coefficient (Wildman–Crippen LogP) is 3.39. The number of nitrogen functional groups attached to an aromatic ring is 1. The summed E-state index contributed by atoms with van der Waals surface area (Å²) in [4.78, 5) is 14.9. The molecule has 3 rings (SSSR count). The SMILES string of the molecule is Cc1ccc(-n2c(N)c(C(=O)N3CCCC3)sc2=S)cc1. The summed E-state index contributed by atoms with van der Waals surface area (Å²) in [6, 6.07) is 7.96. The predicted molar refractivity (Wildman–Crippen MR) is 88.8 cm³/mol. The second-order valence-electron chi connectivity index (χ2n) is 5.25. The fraction of sp³-hybridized carbons (Fsp3) is 0.333. The molecule has 4 nitrogen and oxygen atoms in total. The van der Waals surface area contributed by atoms with E-state index in [0.717, 1.165) is 31.6 Å². The Bertz CT molecular complexity index is 724. The van der Waals surface area contributed by atoms with Gasteiger partial charge in [0, 0.05) is 18.8 Å². The van der Waals surface area contributed by atoms with Crippen LogP contribution < -0.4 is 5.73 Å². The summed E-state index contributed by atoms with van der Waals surface area (Å²) in [5.74, 6) is 0.456. The fourth-order valence-corrected chi connectivity index (χ4v) is 3.88. The molecule has 21 heavy (non-hydrogen) atoms. The van der Waals surface area contributed by atoms with Crippen molar-refractivity contribution in [3.8, 4) is 5.69 Å². The minimum absolute atomic E-state index is 0.00645. The van der Waals surface area contributed by atoms with Crippen molar-refractivity contribution in [3.63, 3.8) is 0 Å². The third kappa shape index (κ3) is 2.61. The maximum absolute atomic E-state index is 12.5. The van der Waals surface area contributed by atoms with Crippen molar-refractivity contribution in [2.24, 2.45) is 0 Å². The molecule has 0 bridgehead atoms. The lowest BCUT2D eigenvalue weighted by Gasteiger charge is -2.14. The Hall–Kier alpha value is -1.66. The first kappa shape index (κ1) is 14.3. The van der Waals surface area contributed by atoms with Crippen molar-refractivity contribution in [2.45, 2.75) is 19.8 Å². The monoisotopic (exact) mass is 319 g/mol. The number of rotatable bonds is 2. The Balaban J connectivity index is 2.02. The van der Waals surface area contributed by atoms with Gasteiger partial charge in [0.1, 0.15) is 10.7 Å². The van der Waals surface area contributed by atoms with Gasteiger partial charge in [0.25, 0.3) is 5.91 Å². The van der Waals surface area contributed by atoms with Gasteiger partial charge < -0.3 is 10.6 Å². The van der Waals surface area contributed by atoms with Crippen LogP contribution in [0.1, 0.15) is 28.1 Å². The van der Waals surface area contributed by atoms with Gasteiger partial charge in [0.05, 0.1) is 0 Å². The van der Waals surface area contributed by atoms with Gasteiger partial charge in [-0.25, -0.2) is 0 Å². The Labute approximate surface area is 132 Å². The molecule has 1 aromatic carbocycles. The lowest BCUT2D eigenvalue weighted by molar-refractivity contribution is 0.0798. The summed E-state index contributed by atoms with van der Waals surface area (Å²) in [5.41, 5.74) is 8.28. The number of nitrogens with two attached hydrogens (primary N) is 1. The van der Waals surface area contributed by atoms with Crippen molar-refractivity contribution < 1.29 is 4.79 Å². The summed E-state index contributed by atoms with van der Waals surface area (Å²) < 4.78 is 2.39. The van der Waals surface area contributed by atoms with E-state index < -0.39 is 0 Å². The summed E-state index contributed by atoms with van der Waals surface area (Å²) in [6.07, 6.45) is 2.13. The zero-order chi connectivity index (χ0) is 15.0. The van der Waals surface area contributed by atoms with Gasteiger partial charge in [0.2, 0.25) is 0 Å². The van der Waals surface area contributed by atoms with Crippen molar-refractivity contribution >= 4 is 35.3 Å². The van der Waals surface area contributed by atoms with Crippen LogP contribution in [0.5, 0.6) is 0 Å². The summed E-state index contributed by atoms with van der Waals surface area (Å²) in [6.45, 7) is 3.66. The van der Waals surface area contributed by atoms with Crippen molar-refractivity contribution in [1.29, 1.82) is 0 Å². The minimum atomic E-state index is 0.00645. The molecular weight excluding hydrogens is 302 g/mol. The van der Waals surface area contributed by atoms with E-state index in [2.05, 4.69) is 0 Å². The molecule has 0 unspecified atom stereocenters. The number of hydrogen-bond acceptors (Lipinski definition) is 4. The maximum atomic E-state index is 12.5. The normalized spacial score (nSPS) is 14.6. The van der Waals surface area contributed by atoms with Crippen molar-refractivity contribution in [1.82, 2.24) is 9.47 Å². The van der Waals surface area contributed by atoms with Gasteiger partial charge in [-0.1, -0.05) is 29.0 Å². The Morgan fingerprint density at radius 1 is 1.24 bits per heavy atom.